The number of amides is 1. The third-order valence-corrected chi connectivity index (χ3v) is 7.42. The first-order valence-corrected chi connectivity index (χ1v) is 11.9. The van der Waals surface area contributed by atoms with E-state index in [9.17, 15) is 18.0 Å². The maximum absolute atomic E-state index is 13.6. The average Bonchev–Trinajstić information content (AvgIpc) is 2.86. The molecule has 33 heavy (non-hydrogen) atoms. The van der Waals surface area contributed by atoms with Gasteiger partial charge in [0, 0.05) is 19.2 Å². The molecule has 1 aliphatic heterocycles. The molecular weight excluding hydrogens is 448 g/mol. The standard InChI is InChI=1S/C23H28N2O7S/c1-30-20-10-9-19(15-21(20)31-2)33(28,29)25(18-7-5-4-6-8-18)16-22(26)24-13-11-17(12-14-24)23(27)32-3/h4-10,15,17H,11-14,16H2,1-3H3. The van der Waals surface area contributed by atoms with Crippen molar-refractivity contribution >= 4 is 27.6 Å². The average molecular weight is 477 g/mol. The molecule has 9 nitrogen and oxygen atoms in total. The molecule has 0 saturated carbocycles. The van der Waals surface area contributed by atoms with Crippen LogP contribution >= 0.6 is 0 Å². The fourth-order valence-electron chi connectivity index (χ4n) is 3.77. The van der Waals surface area contributed by atoms with E-state index in [1.807, 2.05) is 0 Å². The van der Waals surface area contributed by atoms with Crippen molar-refractivity contribution in [3.05, 3.63) is 48.5 Å². The van der Waals surface area contributed by atoms with Gasteiger partial charge in [0.15, 0.2) is 11.5 Å². The zero-order valence-electron chi connectivity index (χ0n) is 18.9. The highest BCUT2D eigenvalue weighted by atomic mass is 32.2. The summed E-state index contributed by atoms with van der Waals surface area (Å²) in [6.45, 7) is 0.346. The van der Waals surface area contributed by atoms with Crippen LogP contribution in [0.2, 0.25) is 0 Å². The van der Waals surface area contributed by atoms with E-state index in [1.165, 1.54) is 39.5 Å². The van der Waals surface area contributed by atoms with Gasteiger partial charge in [-0.3, -0.25) is 13.9 Å². The maximum Gasteiger partial charge on any atom is 0.308 e. The predicted molar refractivity (Wildman–Crippen MR) is 122 cm³/mol. The number of likely N-dealkylation sites (tertiary alicyclic amines) is 1. The van der Waals surface area contributed by atoms with E-state index in [4.69, 9.17) is 14.2 Å². The number of nitrogens with zero attached hydrogens (tertiary/aromatic N) is 2. The lowest BCUT2D eigenvalue weighted by Crippen LogP contribution is -2.46. The fourth-order valence-corrected chi connectivity index (χ4v) is 5.20. The number of methoxy groups -OCH3 is 3. The first-order valence-electron chi connectivity index (χ1n) is 10.5. The van der Waals surface area contributed by atoms with Crippen LogP contribution in [-0.2, 0) is 24.3 Å². The Balaban J connectivity index is 1.87. The molecule has 0 aromatic heterocycles. The quantitative estimate of drug-likeness (QED) is 0.539. The molecule has 2 aromatic carbocycles. The topological polar surface area (TPSA) is 102 Å². The van der Waals surface area contributed by atoms with E-state index in [1.54, 1.807) is 35.2 Å². The number of anilines is 1. The summed E-state index contributed by atoms with van der Waals surface area (Å²) in [5.74, 6) is -0.218. The van der Waals surface area contributed by atoms with Crippen molar-refractivity contribution in [1.29, 1.82) is 0 Å². The first kappa shape index (κ1) is 24.4. The van der Waals surface area contributed by atoms with Crippen molar-refractivity contribution in [2.45, 2.75) is 17.7 Å². The number of piperidine rings is 1. The van der Waals surface area contributed by atoms with E-state index < -0.39 is 10.0 Å². The summed E-state index contributed by atoms with van der Waals surface area (Å²) in [6.07, 6.45) is 0.957. The Kier molecular flexibility index (Phi) is 7.80. The van der Waals surface area contributed by atoms with Crippen LogP contribution in [0.5, 0.6) is 11.5 Å². The molecule has 1 saturated heterocycles. The number of benzene rings is 2. The van der Waals surface area contributed by atoms with Gasteiger partial charge in [-0.15, -0.1) is 0 Å². The zero-order valence-corrected chi connectivity index (χ0v) is 19.7. The minimum atomic E-state index is -4.10. The highest BCUT2D eigenvalue weighted by Gasteiger charge is 2.32. The van der Waals surface area contributed by atoms with Gasteiger partial charge < -0.3 is 19.1 Å². The van der Waals surface area contributed by atoms with Crippen molar-refractivity contribution in [1.82, 2.24) is 4.90 Å². The summed E-state index contributed by atoms with van der Waals surface area (Å²) in [4.78, 5) is 26.4. The highest BCUT2D eigenvalue weighted by molar-refractivity contribution is 7.92. The molecule has 178 valence electrons. The molecule has 3 rings (SSSR count). The van der Waals surface area contributed by atoms with E-state index >= 15 is 0 Å². The SMILES string of the molecule is COC(=O)C1CCN(C(=O)CN(c2ccccc2)S(=O)(=O)c2ccc(OC)c(OC)c2)CC1. The van der Waals surface area contributed by atoms with Gasteiger partial charge in [-0.1, -0.05) is 18.2 Å². The van der Waals surface area contributed by atoms with Gasteiger partial charge >= 0.3 is 5.97 Å². The molecule has 0 bridgehead atoms. The molecule has 1 heterocycles. The lowest BCUT2D eigenvalue weighted by molar-refractivity contribution is -0.148. The van der Waals surface area contributed by atoms with Crippen LogP contribution in [0.15, 0.2) is 53.4 Å². The van der Waals surface area contributed by atoms with Gasteiger partial charge in [0.25, 0.3) is 10.0 Å². The molecule has 2 aromatic rings. The van der Waals surface area contributed by atoms with Crippen LogP contribution in [0.25, 0.3) is 0 Å². The molecule has 0 aliphatic carbocycles. The first-order chi connectivity index (χ1) is 15.8. The van der Waals surface area contributed by atoms with Crippen LogP contribution in [-0.4, -0.2) is 66.2 Å². The highest BCUT2D eigenvalue weighted by Crippen LogP contribution is 2.32. The Labute approximate surface area is 193 Å². The number of sulfonamides is 1. The number of carbonyl (C=O) groups is 2. The lowest BCUT2D eigenvalue weighted by Gasteiger charge is -2.33. The molecule has 0 radical (unpaired) electrons. The summed E-state index contributed by atoms with van der Waals surface area (Å²) >= 11 is 0. The van der Waals surface area contributed by atoms with Crippen molar-refractivity contribution in [2.24, 2.45) is 5.92 Å². The van der Waals surface area contributed by atoms with E-state index in [2.05, 4.69) is 0 Å². The Morgan fingerprint density at radius 2 is 1.61 bits per heavy atom. The number of para-hydroxylation sites is 1. The predicted octanol–water partition coefficient (Wildman–Crippen LogP) is 2.31. The van der Waals surface area contributed by atoms with Gasteiger partial charge in [0.05, 0.1) is 37.8 Å². The Bertz CT molecular complexity index is 1080. The third kappa shape index (κ3) is 5.39. The van der Waals surface area contributed by atoms with Gasteiger partial charge in [-0.05, 0) is 37.1 Å². The Morgan fingerprint density at radius 3 is 2.18 bits per heavy atom. The Hall–Kier alpha value is -3.27. The second kappa shape index (κ2) is 10.6. The second-order valence-corrected chi connectivity index (χ2v) is 9.40. The zero-order chi connectivity index (χ0) is 24.0. The second-order valence-electron chi connectivity index (χ2n) is 7.54. The largest absolute Gasteiger partial charge is 0.493 e. The lowest BCUT2D eigenvalue weighted by atomic mass is 9.97. The molecular formula is C23H28N2O7S. The van der Waals surface area contributed by atoms with Gasteiger partial charge in [0.1, 0.15) is 6.54 Å². The van der Waals surface area contributed by atoms with E-state index in [-0.39, 0.29) is 35.0 Å². The summed E-state index contributed by atoms with van der Waals surface area (Å²) in [6, 6.07) is 12.7. The summed E-state index contributed by atoms with van der Waals surface area (Å²) < 4.78 is 43.5. The van der Waals surface area contributed by atoms with Crippen LogP contribution in [0.1, 0.15) is 12.8 Å². The summed E-state index contributed by atoms with van der Waals surface area (Å²) in [7, 11) is 0.130. The third-order valence-electron chi connectivity index (χ3n) is 5.65. The van der Waals surface area contributed by atoms with E-state index in [0.717, 1.165) is 4.31 Å². The molecule has 0 unspecified atom stereocenters. The van der Waals surface area contributed by atoms with Crippen LogP contribution in [0.3, 0.4) is 0 Å². The van der Waals surface area contributed by atoms with Crippen molar-refractivity contribution in [3.63, 3.8) is 0 Å². The number of carbonyl (C=O) groups excluding carboxylic acids is 2. The van der Waals surface area contributed by atoms with E-state index in [0.29, 0.717) is 37.4 Å². The summed E-state index contributed by atoms with van der Waals surface area (Å²) in [5.41, 5.74) is 0.366. The summed E-state index contributed by atoms with van der Waals surface area (Å²) in [5, 5.41) is 0. The van der Waals surface area contributed by atoms with Gasteiger partial charge in [-0.25, -0.2) is 8.42 Å². The minimum absolute atomic E-state index is 0.0267. The number of esters is 1. The van der Waals surface area contributed by atoms with Gasteiger partial charge in [0.2, 0.25) is 5.91 Å². The fraction of sp³-hybridized carbons (Fsp3) is 0.391. The maximum atomic E-state index is 13.6. The minimum Gasteiger partial charge on any atom is -0.493 e. The number of hydrogen-bond acceptors (Lipinski definition) is 7. The molecule has 1 amide bonds. The normalized spacial score (nSPS) is 14.5. The Morgan fingerprint density at radius 1 is 0.970 bits per heavy atom. The number of ether oxygens (including phenoxy) is 3. The monoisotopic (exact) mass is 476 g/mol. The molecule has 1 aliphatic rings. The van der Waals surface area contributed by atoms with Crippen molar-refractivity contribution in [3.8, 4) is 11.5 Å². The van der Waals surface area contributed by atoms with Gasteiger partial charge in [-0.2, -0.15) is 0 Å². The molecule has 0 N–H and O–H groups in total. The molecule has 1 fully saturated rings. The van der Waals surface area contributed by atoms with Crippen molar-refractivity contribution < 1.29 is 32.2 Å². The molecule has 0 spiro atoms. The number of rotatable bonds is 8. The number of hydrogen-bond donors (Lipinski definition) is 0. The van der Waals surface area contributed by atoms with Crippen molar-refractivity contribution in [2.75, 3.05) is 45.3 Å². The molecule has 10 heteroatoms. The molecule has 0 atom stereocenters. The smallest absolute Gasteiger partial charge is 0.308 e. The van der Waals surface area contributed by atoms with Crippen LogP contribution in [0.4, 0.5) is 5.69 Å². The van der Waals surface area contributed by atoms with Crippen LogP contribution in [0, 0.1) is 5.92 Å². The van der Waals surface area contributed by atoms with Crippen LogP contribution < -0.4 is 13.8 Å².